The lowest BCUT2D eigenvalue weighted by Gasteiger charge is -2.12. The van der Waals surface area contributed by atoms with Crippen LogP contribution in [0.25, 0.3) is 11.5 Å². The van der Waals surface area contributed by atoms with Crippen LogP contribution in [0.5, 0.6) is 0 Å². The Balaban J connectivity index is 1.65. The van der Waals surface area contributed by atoms with Gasteiger partial charge in [-0.25, -0.2) is 0 Å². The van der Waals surface area contributed by atoms with Gasteiger partial charge in [-0.2, -0.15) is 0 Å². The van der Waals surface area contributed by atoms with E-state index in [1.807, 2.05) is 42.5 Å². The largest absolute Gasteiger partial charge is 0.419 e. The third kappa shape index (κ3) is 3.91. The smallest absolute Gasteiger partial charge is 0.249 e. The Morgan fingerprint density at radius 2 is 1.78 bits per heavy atom. The first kappa shape index (κ1) is 16.0. The topological polar surface area (TPSA) is 51.0 Å². The highest BCUT2D eigenvalue weighted by atomic mass is 35.5. The van der Waals surface area contributed by atoms with Crippen LogP contribution < -0.4 is 5.32 Å². The Hall–Kier alpha value is -1.88. The first-order valence-corrected chi connectivity index (χ1v) is 7.95. The van der Waals surface area contributed by atoms with Crippen molar-refractivity contribution >= 4 is 23.2 Å². The van der Waals surface area contributed by atoms with Crippen molar-refractivity contribution in [3.05, 3.63) is 70.0 Å². The molecule has 4 nitrogen and oxygen atoms in total. The molecule has 0 bridgehead atoms. The van der Waals surface area contributed by atoms with Gasteiger partial charge in [0.1, 0.15) is 0 Å². The van der Waals surface area contributed by atoms with E-state index in [1.54, 1.807) is 6.07 Å². The molecule has 0 amide bonds. The standard InChI is InChI=1S/C17H15Cl2N3O/c1-11(12-6-8-13(18)9-7-12)20-10-16-21-22-17(23-16)14-4-2-3-5-15(14)19/h2-9,11,20H,10H2,1H3/t11-/m0/s1. The molecule has 0 saturated heterocycles. The van der Waals surface area contributed by atoms with Crippen LogP contribution >= 0.6 is 23.2 Å². The summed E-state index contributed by atoms with van der Waals surface area (Å²) < 4.78 is 5.67. The minimum absolute atomic E-state index is 0.142. The molecule has 6 heteroatoms. The molecule has 1 aromatic heterocycles. The number of hydrogen-bond donors (Lipinski definition) is 1. The van der Waals surface area contributed by atoms with Crippen molar-refractivity contribution in [2.75, 3.05) is 0 Å². The monoisotopic (exact) mass is 347 g/mol. The van der Waals surface area contributed by atoms with Crippen LogP contribution in [0.1, 0.15) is 24.4 Å². The second-order valence-corrected chi connectivity index (χ2v) is 5.98. The minimum atomic E-state index is 0.142. The zero-order chi connectivity index (χ0) is 16.2. The van der Waals surface area contributed by atoms with Crippen LogP contribution in [0.15, 0.2) is 52.9 Å². The molecule has 0 spiro atoms. The summed E-state index contributed by atoms with van der Waals surface area (Å²) in [7, 11) is 0. The van der Waals surface area contributed by atoms with E-state index in [0.29, 0.717) is 23.3 Å². The lowest BCUT2D eigenvalue weighted by Crippen LogP contribution is -2.18. The van der Waals surface area contributed by atoms with Gasteiger partial charge in [-0.15, -0.1) is 10.2 Å². The van der Waals surface area contributed by atoms with Gasteiger partial charge >= 0.3 is 0 Å². The van der Waals surface area contributed by atoms with Gasteiger partial charge in [0.05, 0.1) is 17.1 Å². The van der Waals surface area contributed by atoms with Crippen LogP contribution in [0, 0.1) is 0 Å². The Bertz CT molecular complexity index is 787. The van der Waals surface area contributed by atoms with Crippen LogP contribution in [0.3, 0.4) is 0 Å². The van der Waals surface area contributed by atoms with Crippen LogP contribution in [-0.4, -0.2) is 10.2 Å². The van der Waals surface area contributed by atoms with Crippen LogP contribution in [0.4, 0.5) is 0 Å². The molecule has 1 heterocycles. The van der Waals surface area contributed by atoms with E-state index in [2.05, 4.69) is 22.4 Å². The van der Waals surface area contributed by atoms with E-state index >= 15 is 0 Å². The number of hydrogen-bond acceptors (Lipinski definition) is 4. The Morgan fingerprint density at radius 3 is 2.52 bits per heavy atom. The highest BCUT2D eigenvalue weighted by Crippen LogP contribution is 2.26. The molecule has 2 aromatic carbocycles. The molecule has 3 rings (SSSR count). The van der Waals surface area contributed by atoms with E-state index in [1.165, 1.54) is 0 Å². The van der Waals surface area contributed by atoms with Gasteiger partial charge in [0.25, 0.3) is 0 Å². The summed E-state index contributed by atoms with van der Waals surface area (Å²) in [5.74, 6) is 0.937. The summed E-state index contributed by atoms with van der Waals surface area (Å²) in [5.41, 5.74) is 1.87. The van der Waals surface area contributed by atoms with E-state index in [0.717, 1.165) is 16.1 Å². The molecule has 0 fully saturated rings. The average Bonchev–Trinajstić information content (AvgIpc) is 3.02. The fourth-order valence-corrected chi connectivity index (χ4v) is 2.52. The van der Waals surface area contributed by atoms with Gasteiger partial charge in [-0.1, -0.05) is 47.5 Å². The summed E-state index contributed by atoms with van der Waals surface area (Å²) >= 11 is 12.0. The summed E-state index contributed by atoms with van der Waals surface area (Å²) in [5, 5.41) is 12.8. The number of aromatic nitrogens is 2. The first-order valence-electron chi connectivity index (χ1n) is 7.19. The molecule has 1 N–H and O–H groups in total. The van der Waals surface area contributed by atoms with Crippen LogP contribution in [-0.2, 0) is 6.54 Å². The normalized spacial score (nSPS) is 12.3. The predicted molar refractivity (Wildman–Crippen MR) is 91.5 cm³/mol. The number of nitrogens with one attached hydrogen (secondary N) is 1. The third-order valence-corrected chi connectivity index (χ3v) is 4.08. The summed E-state index contributed by atoms with van der Waals surface area (Å²) in [4.78, 5) is 0. The maximum absolute atomic E-state index is 6.13. The van der Waals surface area contributed by atoms with Crippen LogP contribution in [0.2, 0.25) is 10.0 Å². The highest BCUT2D eigenvalue weighted by Gasteiger charge is 2.12. The molecule has 3 aromatic rings. The Labute approximate surface area is 144 Å². The fourth-order valence-electron chi connectivity index (χ4n) is 2.18. The molecule has 0 aliphatic carbocycles. The van der Waals surface area contributed by atoms with Gasteiger partial charge in [0.15, 0.2) is 0 Å². The molecule has 1 atom stereocenters. The molecule has 0 saturated carbocycles. The van der Waals surface area contributed by atoms with Crippen molar-refractivity contribution < 1.29 is 4.42 Å². The molecule has 0 radical (unpaired) electrons. The predicted octanol–water partition coefficient (Wildman–Crippen LogP) is 4.89. The highest BCUT2D eigenvalue weighted by molar-refractivity contribution is 6.33. The SMILES string of the molecule is C[C@H](NCc1nnc(-c2ccccc2Cl)o1)c1ccc(Cl)cc1. The van der Waals surface area contributed by atoms with Crippen molar-refractivity contribution in [1.29, 1.82) is 0 Å². The zero-order valence-corrected chi connectivity index (χ0v) is 14.0. The van der Waals surface area contributed by atoms with Gasteiger partial charge in [0.2, 0.25) is 11.8 Å². The zero-order valence-electron chi connectivity index (χ0n) is 12.5. The van der Waals surface area contributed by atoms with Gasteiger partial charge in [0, 0.05) is 11.1 Å². The summed E-state index contributed by atoms with van der Waals surface area (Å²) in [6, 6.07) is 15.2. The van der Waals surface area contributed by atoms with Gasteiger partial charge in [-0.05, 0) is 36.8 Å². The van der Waals surface area contributed by atoms with Crippen molar-refractivity contribution in [1.82, 2.24) is 15.5 Å². The lowest BCUT2D eigenvalue weighted by atomic mass is 10.1. The maximum Gasteiger partial charge on any atom is 0.249 e. The number of rotatable bonds is 5. The molecule has 0 aliphatic rings. The minimum Gasteiger partial charge on any atom is -0.419 e. The summed E-state index contributed by atoms with van der Waals surface area (Å²) in [6.45, 7) is 2.54. The van der Waals surface area contributed by atoms with Crippen molar-refractivity contribution in [2.24, 2.45) is 0 Å². The summed E-state index contributed by atoms with van der Waals surface area (Å²) in [6.07, 6.45) is 0. The maximum atomic E-state index is 6.13. The Morgan fingerprint density at radius 1 is 1.04 bits per heavy atom. The molecule has 23 heavy (non-hydrogen) atoms. The Kier molecular flexibility index (Phi) is 4.96. The van der Waals surface area contributed by atoms with E-state index < -0.39 is 0 Å². The van der Waals surface area contributed by atoms with E-state index in [9.17, 15) is 0 Å². The molecular weight excluding hydrogens is 333 g/mol. The van der Waals surface area contributed by atoms with Gasteiger partial charge in [-0.3, -0.25) is 0 Å². The van der Waals surface area contributed by atoms with Crippen molar-refractivity contribution in [3.63, 3.8) is 0 Å². The van der Waals surface area contributed by atoms with E-state index in [4.69, 9.17) is 27.6 Å². The third-order valence-electron chi connectivity index (χ3n) is 3.50. The molecular formula is C17H15Cl2N3O. The van der Waals surface area contributed by atoms with Gasteiger partial charge < -0.3 is 9.73 Å². The first-order chi connectivity index (χ1) is 11.1. The molecule has 0 aliphatic heterocycles. The molecule has 118 valence electrons. The average molecular weight is 348 g/mol. The van der Waals surface area contributed by atoms with Crippen molar-refractivity contribution in [3.8, 4) is 11.5 Å². The number of nitrogens with zero attached hydrogens (tertiary/aromatic N) is 2. The van der Waals surface area contributed by atoms with Crippen molar-refractivity contribution in [2.45, 2.75) is 19.5 Å². The quantitative estimate of drug-likeness (QED) is 0.713. The van der Waals surface area contributed by atoms with E-state index in [-0.39, 0.29) is 6.04 Å². The fraction of sp³-hybridized carbons (Fsp3) is 0.176. The number of benzene rings is 2. The number of halogens is 2. The second-order valence-electron chi connectivity index (χ2n) is 5.13. The lowest BCUT2D eigenvalue weighted by molar-refractivity contribution is 0.454. The molecule has 0 unspecified atom stereocenters. The second kappa shape index (κ2) is 7.13.